The quantitative estimate of drug-likeness (QED) is 0.463. The first-order valence-electron chi connectivity index (χ1n) is 9.65. The number of oxazole rings is 1. The Morgan fingerprint density at radius 1 is 1.10 bits per heavy atom. The summed E-state index contributed by atoms with van der Waals surface area (Å²) in [5.74, 6) is 1.88. The molecular weight excluding hydrogens is 400 g/mol. The first-order chi connectivity index (χ1) is 14.5. The van der Waals surface area contributed by atoms with Gasteiger partial charge in [-0.05, 0) is 19.1 Å². The zero-order chi connectivity index (χ0) is 21.1. The summed E-state index contributed by atoms with van der Waals surface area (Å²) < 4.78 is 5.76. The highest BCUT2D eigenvalue weighted by atomic mass is 32.2. The fraction of sp³-hybridized carbons (Fsp3) is 0.217. The Kier molecular flexibility index (Phi) is 5.81. The molecule has 1 unspecified atom stereocenters. The van der Waals surface area contributed by atoms with Gasteiger partial charge in [-0.3, -0.25) is 9.59 Å². The Hall–Kier alpha value is -3.19. The lowest BCUT2D eigenvalue weighted by Gasteiger charge is -2.03. The Labute approximate surface area is 177 Å². The van der Waals surface area contributed by atoms with Gasteiger partial charge in [0.15, 0.2) is 11.5 Å². The van der Waals surface area contributed by atoms with E-state index in [1.54, 1.807) is 12.1 Å². The second-order valence-corrected chi connectivity index (χ2v) is 9.06. The molecular formula is C23H21N2O4S+. The molecule has 3 aromatic rings. The summed E-state index contributed by atoms with van der Waals surface area (Å²) in [6, 6.07) is 16.9. The maximum atomic E-state index is 12.6. The number of nitrogens with zero attached hydrogens (tertiary/aromatic N) is 1. The first kappa shape index (κ1) is 20.1. The molecule has 0 radical (unpaired) electrons. The Balaban J connectivity index is 1.36. The van der Waals surface area contributed by atoms with Crippen LogP contribution in [0.25, 0.3) is 11.5 Å². The zero-order valence-electron chi connectivity index (χ0n) is 16.5. The maximum Gasteiger partial charge on any atom is 0.436 e. The number of benzene rings is 2. The summed E-state index contributed by atoms with van der Waals surface area (Å²) in [4.78, 5) is 40.2. The van der Waals surface area contributed by atoms with Crippen molar-refractivity contribution in [1.29, 1.82) is 0 Å². The molecule has 0 saturated carbocycles. The Morgan fingerprint density at radius 2 is 1.83 bits per heavy atom. The van der Waals surface area contributed by atoms with Crippen LogP contribution in [0.2, 0.25) is 0 Å². The molecule has 7 heteroatoms. The van der Waals surface area contributed by atoms with Gasteiger partial charge < -0.3 is 4.42 Å². The zero-order valence-corrected chi connectivity index (χ0v) is 17.3. The van der Waals surface area contributed by atoms with Crippen LogP contribution in [0.1, 0.15) is 33.8 Å². The van der Waals surface area contributed by atoms with Gasteiger partial charge in [-0.2, -0.15) is 0 Å². The summed E-state index contributed by atoms with van der Waals surface area (Å²) in [5, 5.41) is 2.14. The van der Waals surface area contributed by atoms with Crippen molar-refractivity contribution in [3.63, 3.8) is 0 Å². The van der Waals surface area contributed by atoms with Crippen LogP contribution in [0.4, 0.5) is 4.79 Å². The monoisotopic (exact) mass is 421 g/mol. The van der Waals surface area contributed by atoms with Crippen LogP contribution >= 0.6 is 0 Å². The summed E-state index contributed by atoms with van der Waals surface area (Å²) in [6.07, 6.45) is 0.844. The average Bonchev–Trinajstić information content (AvgIpc) is 3.28. The van der Waals surface area contributed by atoms with Crippen LogP contribution in [0.15, 0.2) is 59.0 Å². The minimum atomic E-state index is -0.618. The van der Waals surface area contributed by atoms with Gasteiger partial charge in [0.2, 0.25) is 5.89 Å². The Morgan fingerprint density at radius 3 is 2.50 bits per heavy atom. The molecule has 2 amide bonds. The van der Waals surface area contributed by atoms with Crippen molar-refractivity contribution in [2.24, 2.45) is 0 Å². The number of carbonyl (C=O) groups excluding carboxylic acids is 3. The molecule has 6 nitrogen and oxygen atoms in total. The second kappa shape index (κ2) is 8.67. The largest absolute Gasteiger partial charge is 0.441 e. The van der Waals surface area contributed by atoms with E-state index in [1.807, 2.05) is 49.4 Å². The van der Waals surface area contributed by atoms with Crippen molar-refractivity contribution in [2.75, 3.05) is 5.75 Å². The number of aryl methyl sites for hydroxylation is 2. The third-order valence-corrected chi connectivity index (χ3v) is 6.85. The van der Waals surface area contributed by atoms with E-state index < -0.39 is 10.9 Å². The molecule has 1 fully saturated rings. The first-order valence-corrected chi connectivity index (χ1v) is 11.2. The van der Waals surface area contributed by atoms with Gasteiger partial charge in [0.1, 0.15) is 11.5 Å². The molecule has 1 aliphatic heterocycles. The van der Waals surface area contributed by atoms with Gasteiger partial charge in [-0.15, -0.1) is 0 Å². The van der Waals surface area contributed by atoms with Crippen LogP contribution in [0.3, 0.4) is 0 Å². The molecule has 152 valence electrons. The van der Waals surface area contributed by atoms with E-state index in [9.17, 15) is 14.4 Å². The lowest BCUT2D eigenvalue weighted by Crippen LogP contribution is -2.21. The third-order valence-electron chi connectivity index (χ3n) is 4.93. The fourth-order valence-electron chi connectivity index (χ4n) is 3.29. The predicted molar refractivity (Wildman–Crippen MR) is 115 cm³/mol. The van der Waals surface area contributed by atoms with E-state index in [1.165, 1.54) is 0 Å². The van der Waals surface area contributed by atoms with E-state index in [0.29, 0.717) is 30.0 Å². The molecule has 30 heavy (non-hydrogen) atoms. The highest BCUT2D eigenvalue weighted by Crippen LogP contribution is 2.23. The van der Waals surface area contributed by atoms with Crippen molar-refractivity contribution in [2.45, 2.75) is 25.5 Å². The molecule has 2 heterocycles. The van der Waals surface area contributed by atoms with Gasteiger partial charge in [0, 0.05) is 29.5 Å². The molecule has 2 aromatic carbocycles. The third kappa shape index (κ3) is 4.52. The summed E-state index contributed by atoms with van der Waals surface area (Å²) in [7, 11) is -0.618. The highest BCUT2D eigenvalue weighted by molar-refractivity contribution is 8.11. The number of Topliss-reactive ketones (excluding diaryl/α,β-unsaturated/α-hetero) is 1. The van der Waals surface area contributed by atoms with E-state index >= 15 is 0 Å². The summed E-state index contributed by atoms with van der Waals surface area (Å²) in [6.45, 7) is 1.86. The van der Waals surface area contributed by atoms with Crippen LogP contribution in [-0.4, -0.2) is 27.7 Å². The molecule has 1 aromatic heterocycles. The number of rotatable bonds is 7. The normalized spacial score (nSPS) is 16.0. The molecule has 1 saturated heterocycles. The maximum absolute atomic E-state index is 12.6. The lowest BCUT2D eigenvalue weighted by atomic mass is 10.0. The highest BCUT2D eigenvalue weighted by Gasteiger charge is 2.40. The van der Waals surface area contributed by atoms with Crippen molar-refractivity contribution < 1.29 is 18.8 Å². The van der Waals surface area contributed by atoms with Crippen LogP contribution < -0.4 is 5.32 Å². The second-order valence-electron chi connectivity index (χ2n) is 7.13. The van der Waals surface area contributed by atoms with E-state index in [2.05, 4.69) is 10.3 Å². The minimum absolute atomic E-state index is 0.0291. The van der Waals surface area contributed by atoms with Crippen molar-refractivity contribution in [3.8, 4) is 11.5 Å². The molecule has 1 N–H and O–H groups in total. The lowest BCUT2D eigenvalue weighted by molar-refractivity contribution is -0.117. The number of nitrogens with one attached hydrogen (secondary N) is 1. The number of amides is 2. The Bertz CT molecular complexity index is 1090. The van der Waals surface area contributed by atoms with Crippen molar-refractivity contribution in [3.05, 3.63) is 77.2 Å². The molecule has 4 rings (SSSR count). The minimum Gasteiger partial charge on any atom is -0.441 e. The number of aromatic nitrogens is 1. The average molecular weight is 421 g/mol. The molecule has 1 atom stereocenters. The molecule has 0 aliphatic carbocycles. The van der Waals surface area contributed by atoms with Crippen LogP contribution in [0, 0.1) is 6.92 Å². The summed E-state index contributed by atoms with van der Waals surface area (Å²) in [5.41, 5.74) is 3.27. The van der Waals surface area contributed by atoms with Gasteiger partial charge in [0.25, 0.3) is 5.91 Å². The van der Waals surface area contributed by atoms with Gasteiger partial charge >= 0.3 is 5.24 Å². The predicted octanol–water partition coefficient (Wildman–Crippen LogP) is 3.83. The van der Waals surface area contributed by atoms with Crippen LogP contribution in [-0.2, 0) is 27.9 Å². The van der Waals surface area contributed by atoms with E-state index in [-0.39, 0.29) is 22.7 Å². The smallest absolute Gasteiger partial charge is 0.436 e. The van der Waals surface area contributed by atoms with Gasteiger partial charge in [-0.1, -0.05) is 42.5 Å². The number of hydrogen-bond acceptors (Lipinski definition) is 5. The number of carbonyl (C=O) groups is 3. The SMILES string of the molecule is Cc1oc(-c2ccccc2)nc1CCC(=O)c1ccc(C[S+]2CC(=O)NC2=O)cc1. The topological polar surface area (TPSA) is 89.3 Å². The van der Waals surface area contributed by atoms with Gasteiger partial charge in [-0.25, -0.2) is 15.1 Å². The number of hydrogen-bond donors (Lipinski definition) is 1. The summed E-state index contributed by atoms with van der Waals surface area (Å²) >= 11 is 0. The van der Waals surface area contributed by atoms with Crippen molar-refractivity contribution >= 4 is 27.8 Å². The number of imide groups is 1. The van der Waals surface area contributed by atoms with Crippen molar-refractivity contribution in [1.82, 2.24) is 10.3 Å². The fourth-order valence-corrected chi connectivity index (χ4v) is 4.90. The number of ketones is 1. The molecule has 1 aliphatic rings. The molecule has 0 spiro atoms. The molecule has 0 bridgehead atoms. The van der Waals surface area contributed by atoms with E-state index in [0.717, 1.165) is 22.6 Å². The van der Waals surface area contributed by atoms with Gasteiger partial charge in [0.05, 0.1) is 16.6 Å². The van der Waals surface area contributed by atoms with Crippen LogP contribution in [0.5, 0.6) is 0 Å². The standard InChI is InChI=1S/C23H20N2O4S/c1-15-19(24-22(29-15)18-5-3-2-4-6-18)11-12-20(26)17-9-7-16(8-10-17)13-30-14-21(27)25-23(30)28/h2-10H,11-14H2,1H3/p+1. The van der Waals surface area contributed by atoms with E-state index in [4.69, 9.17) is 4.42 Å².